The van der Waals surface area contributed by atoms with Crippen LogP contribution < -0.4 is 10.2 Å². The first kappa shape index (κ1) is 16.0. The molecule has 0 aromatic carbocycles. The van der Waals surface area contributed by atoms with Gasteiger partial charge in [-0.25, -0.2) is 9.97 Å². The van der Waals surface area contributed by atoms with E-state index in [2.05, 4.69) is 15.3 Å². The molecule has 0 aliphatic heterocycles. The number of nitrogens with zero attached hydrogens (tertiary/aromatic N) is 3. The summed E-state index contributed by atoms with van der Waals surface area (Å²) in [5.74, 6) is 2.06. The van der Waals surface area contributed by atoms with Gasteiger partial charge in [0.25, 0.3) is 5.91 Å². The molecule has 0 fully saturated rings. The van der Waals surface area contributed by atoms with Crippen LogP contribution in [0, 0.1) is 6.92 Å². The van der Waals surface area contributed by atoms with Crippen molar-refractivity contribution in [3.05, 3.63) is 41.1 Å². The lowest BCUT2D eigenvalue weighted by Crippen LogP contribution is -2.25. The number of carbonyl (C=O) groups is 1. The second-order valence-electron chi connectivity index (χ2n) is 5.72. The third-order valence-corrected chi connectivity index (χ3v) is 3.18. The molecule has 0 aliphatic carbocycles. The van der Waals surface area contributed by atoms with Crippen LogP contribution >= 0.6 is 0 Å². The normalized spacial score (nSPS) is 10.8. The van der Waals surface area contributed by atoms with Crippen LogP contribution in [0.5, 0.6) is 0 Å². The van der Waals surface area contributed by atoms with Gasteiger partial charge in [-0.2, -0.15) is 0 Å². The van der Waals surface area contributed by atoms with Crippen molar-refractivity contribution in [1.29, 1.82) is 0 Å². The van der Waals surface area contributed by atoms with E-state index in [4.69, 9.17) is 4.42 Å². The zero-order valence-corrected chi connectivity index (χ0v) is 13.7. The summed E-state index contributed by atoms with van der Waals surface area (Å²) in [5.41, 5.74) is 1.21. The Balaban J connectivity index is 2.17. The van der Waals surface area contributed by atoms with Gasteiger partial charge in [-0.3, -0.25) is 4.79 Å². The SMILES string of the molecule is Cc1ccc(CNC(=O)c2cc(C(C)C)nc(N(C)C)n2)o1. The highest BCUT2D eigenvalue weighted by Gasteiger charge is 2.14. The summed E-state index contributed by atoms with van der Waals surface area (Å²) in [6.45, 7) is 6.28. The first-order valence-corrected chi connectivity index (χ1v) is 7.26. The number of carbonyl (C=O) groups excluding carboxylic acids is 1. The Morgan fingerprint density at radius 3 is 2.59 bits per heavy atom. The first-order valence-electron chi connectivity index (χ1n) is 7.26. The molecule has 0 unspecified atom stereocenters. The molecule has 1 amide bonds. The second-order valence-corrected chi connectivity index (χ2v) is 5.72. The van der Waals surface area contributed by atoms with Crippen molar-refractivity contribution in [2.75, 3.05) is 19.0 Å². The Bertz CT molecular complexity index is 636. The Morgan fingerprint density at radius 1 is 1.32 bits per heavy atom. The van der Waals surface area contributed by atoms with Crippen LogP contribution in [0.2, 0.25) is 0 Å². The molecule has 2 aromatic rings. The fraction of sp³-hybridized carbons (Fsp3) is 0.438. The molecule has 118 valence electrons. The minimum atomic E-state index is -0.235. The molecular weight excluding hydrogens is 280 g/mol. The van der Waals surface area contributed by atoms with Gasteiger partial charge in [-0.1, -0.05) is 13.8 Å². The molecule has 0 aliphatic rings. The summed E-state index contributed by atoms with van der Waals surface area (Å²) in [5, 5.41) is 2.82. The highest BCUT2D eigenvalue weighted by molar-refractivity contribution is 5.92. The summed E-state index contributed by atoms with van der Waals surface area (Å²) in [6, 6.07) is 5.45. The molecule has 0 spiro atoms. The lowest BCUT2D eigenvalue weighted by Gasteiger charge is -2.14. The fourth-order valence-corrected chi connectivity index (χ4v) is 1.90. The van der Waals surface area contributed by atoms with E-state index in [0.29, 0.717) is 18.2 Å². The van der Waals surface area contributed by atoms with Crippen molar-refractivity contribution in [1.82, 2.24) is 15.3 Å². The van der Waals surface area contributed by atoms with E-state index < -0.39 is 0 Å². The Hall–Kier alpha value is -2.37. The lowest BCUT2D eigenvalue weighted by atomic mass is 10.1. The minimum Gasteiger partial charge on any atom is -0.465 e. The first-order chi connectivity index (χ1) is 10.4. The highest BCUT2D eigenvalue weighted by Crippen LogP contribution is 2.16. The Morgan fingerprint density at radius 2 is 2.05 bits per heavy atom. The van der Waals surface area contributed by atoms with Crippen molar-refractivity contribution >= 4 is 11.9 Å². The van der Waals surface area contributed by atoms with Crippen LogP contribution in [0.1, 0.15) is 47.5 Å². The van der Waals surface area contributed by atoms with E-state index in [1.54, 1.807) is 11.0 Å². The van der Waals surface area contributed by atoms with Crippen molar-refractivity contribution < 1.29 is 9.21 Å². The van der Waals surface area contributed by atoms with Gasteiger partial charge in [0.15, 0.2) is 0 Å². The molecule has 0 radical (unpaired) electrons. The third-order valence-electron chi connectivity index (χ3n) is 3.18. The largest absolute Gasteiger partial charge is 0.465 e. The third kappa shape index (κ3) is 3.84. The zero-order valence-electron chi connectivity index (χ0n) is 13.7. The average molecular weight is 302 g/mol. The predicted molar refractivity (Wildman–Crippen MR) is 85.1 cm³/mol. The van der Waals surface area contributed by atoms with E-state index in [-0.39, 0.29) is 11.8 Å². The van der Waals surface area contributed by atoms with Gasteiger partial charge in [-0.15, -0.1) is 0 Å². The summed E-state index contributed by atoms with van der Waals surface area (Å²) in [4.78, 5) is 22.9. The Labute approximate surface area is 130 Å². The standard InChI is InChI=1S/C16H22N4O2/c1-10(2)13-8-14(19-16(18-13)20(4)5)15(21)17-9-12-7-6-11(3)22-12/h6-8,10H,9H2,1-5H3,(H,17,21). The van der Waals surface area contributed by atoms with Crippen LogP contribution in [0.25, 0.3) is 0 Å². The van der Waals surface area contributed by atoms with Crippen LogP contribution in [0.3, 0.4) is 0 Å². The molecule has 6 heteroatoms. The van der Waals surface area contributed by atoms with Crippen molar-refractivity contribution in [2.24, 2.45) is 0 Å². The topological polar surface area (TPSA) is 71.3 Å². The van der Waals surface area contributed by atoms with Gasteiger partial charge in [0.2, 0.25) is 5.95 Å². The van der Waals surface area contributed by atoms with E-state index >= 15 is 0 Å². The molecule has 6 nitrogen and oxygen atoms in total. The molecule has 0 atom stereocenters. The molecule has 0 saturated carbocycles. The lowest BCUT2D eigenvalue weighted by molar-refractivity contribution is 0.0942. The maximum Gasteiger partial charge on any atom is 0.270 e. The van der Waals surface area contributed by atoms with E-state index in [9.17, 15) is 4.79 Å². The van der Waals surface area contributed by atoms with Gasteiger partial charge < -0.3 is 14.6 Å². The quantitative estimate of drug-likeness (QED) is 0.919. The number of rotatable bonds is 5. The number of hydrogen-bond donors (Lipinski definition) is 1. The number of aromatic nitrogens is 2. The highest BCUT2D eigenvalue weighted by atomic mass is 16.3. The fourth-order valence-electron chi connectivity index (χ4n) is 1.90. The van der Waals surface area contributed by atoms with Crippen molar-refractivity contribution in [3.8, 4) is 0 Å². The number of furan rings is 1. The molecule has 2 rings (SSSR count). The average Bonchev–Trinajstić information content (AvgIpc) is 2.89. The molecular formula is C16H22N4O2. The number of hydrogen-bond acceptors (Lipinski definition) is 5. The van der Waals surface area contributed by atoms with Crippen LogP contribution in [0.4, 0.5) is 5.95 Å². The van der Waals surface area contributed by atoms with Crippen LogP contribution in [-0.2, 0) is 6.54 Å². The Kier molecular flexibility index (Phi) is 4.80. The molecule has 1 N–H and O–H groups in total. The van der Waals surface area contributed by atoms with Crippen LogP contribution in [-0.4, -0.2) is 30.0 Å². The number of nitrogens with one attached hydrogen (secondary N) is 1. The number of aryl methyl sites for hydroxylation is 1. The molecule has 2 heterocycles. The van der Waals surface area contributed by atoms with E-state index in [1.807, 2.05) is 47.0 Å². The van der Waals surface area contributed by atoms with Crippen LogP contribution in [0.15, 0.2) is 22.6 Å². The number of anilines is 1. The molecule has 0 saturated heterocycles. The summed E-state index contributed by atoms with van der Waals surface area (Å²) in [6.07, 6.45) is 0. The summed E-state index contributed by atoms with van der Waals surface area (Å²) in [7, 11) is 3.71. The maximum absolute atomic E-state index is 12.3. The molecule has 0 bridgehead atoms. The molecule has 2 aromatic heterocycles. The van der Waals surface area contributed by atoms with Gasteiger partial charge in [-0.05, 0) is 31.0 Å². The maximum atomic E-state index is 12.3. The summed E-state index contributed by atoms with van der Waals surface area (Å²) >= 11 is 0. The van der Waals surface area contributed by atoms with Gasteiger partial charge in [0.1, 0.15) is 17.2 Å². The monoisotopic (exact) mass is 302 g/mol. The zero-order chi connectivity index (χ0) is 16.3. The van der Waals surface area contributed by atoms with Gasteiger partial charge in [0.05, 0.1) is 6.54 Å². The molecule has 22 heavy (non-hydrogen) atoms. The minimum absolute atomic E-state index is 0.223. The van der Waals surface area contributed by atoms with E-state index in [1.165, 1.54) is 0 Å². The number of amides is 1. The van der Waals surface area contributed by atoms with Gasteiger partial charge in [0, 0.05) is 19.8 Å². The predicted octanol–water partition coefficient (Wildman–Crippen LogP) is 2.50. The summed E-state index contributed by atoms with van der Waals surface area (Å²) < 4.78 is 5.44. The van der Waals surface area contributed by atoms with Crippen molar-refractivity contribution in [2.45, 2.75) is 33.2 Å². The van der Waals surface area contributed by atoms with Crippen molar-refractivity contribution in [3.63, 3.8) is 0 Å². The second kappa shape index (κ2) is 6.60. The smallest absolute Gasteiger partial charge is 0.270 e. The van der Waals surface area contributed by atoms with E-state index in [0.717, 1.165) is 17.2 Å². The van der Waals surface area contributed by atoms with Gasteiger partial charge >= 0.3 is 0 Å².